The molecule has 0 N–H and O–H groups in total. The molecule has 2 aromatic rings. The van der Waals surface area contributed by atoms with Gasteiger partial charge in [0, 0.05) is 11.8 Å². The number of hydrogen-bond donors (Lipinski definition) is 0. The Bertz CT molecular complexity index is 737. The van der Waals surface area contributed by atoms with Gasteiger partial charge in [0.2, 0.25) is 0 Å². The summed E-state index contributed by atoms with van der Waals surface area (Å²) in [6.07, 6.45) is 13.4. The first-order valence-electron chi connectivity index (χ1n) is 8.84. The van der Waals surface area contributed by atoms with Crippen molar-refractivity contribution in [3.05, 3.63) is 36.5 Å². The van der Waals surface area contributed by atoms with Crippen molar-refractivity contribution in [2.75, 3.05) is 0 Å². The van der Waals surface area contributed by atoms with Gasteiger partial charge in [0.1, 0.15) is 5.67 Å². The molecule has 0 saturated heterocycles. The van der Waals surface area contributed by atoms with E-state index in [1.807, 2.05) is 24.8 Å². The molecule has 3 nitrogen and oxygen atoms in total. The van der Waals surface area contributed by atoms with Crippen LogP contribution in [0, 0.1) is 5.41 Å². The molecule has 2 fully saturated rings. The molecule has 0 radical (unpaired) electrons. The van der Waals surface area contributed by atoms with Crippen molar-refractivity contribution in [3.63, 3.8) is 0 Å². The van der Waals surface area contributed by atoms with Crippen LogP contribution in [0.5, 0.6) is 0 Å². The molecule has 1 atom stereocenters. The standard InChI is InChI=1S/C19H22FN3/c20-19(9-7-18(5-6-18)8-10-19)4-3-15-17-14(2-1-11-22-17)16-12-21-13-23(15)16/h1-2,11-13,15H,3-10H2. The van der Waals surface area contributed by atoms with Crippen molar-refractivity contribution in [1.82, 2.24) is 14.5 Å². The van der Waals surface area contributed by atoms with Crippen molar-refractivity contribution in [3.8, 4) is 11.3 Å². The number of rotatable bonds is 3. The van der Waals surface area contributed by atoms with E-state index in [-0.39, 0.29) is 6.04 Å². The minimum absolute atomic E-state index is 0.146. The van der Waals surface area contributed by atoms with E-state index in [4.69, 9.17) is 0 Å². The Morgan fingerprint density at radius 2 is 1.96 bits per heavy atom. The lowest BCUT2D eigenvalue weighted by molar-refractivity contribution is 0.0627. The summed E-state index contributed by atoms with van der Waals surface area (Å²) >= 11 is 0. The maximum absolute atomic E-state index is 15.2. The van der Waals surface area contributed by atoms with Crippen LogP contribution in [-0.2, 0) is 0 Å². The molecule has 3 heterocycles. The fourth-order valence-corrected chi connectivity index (χ4v) is 4.62. The highest BCUT2D eigenvalue weighted by atomic mass is 19.1. The maximum atomic E-state index is 15.2. The fourth-order valence-electron chi connectivity index (χ4n) is 4.62. The molecule has 1 aliphatic heterocycles. The molecule has 1 unspecified atom stereocenters. The van der Waals surface area contributed by atoms with Crippen LogP contribution in [0.15, 0.2) is 30.9 Å². The number of alkyl halides is 1. The molecule has 0 bridgehead atoms. The molecule has 120 valence electrons. The minimum atomic E-state index is -0.966. The van der Waals surface area contributed by atoms with Crippen LogP contribution in [0.25, 0.3) is 11.3 Å². The number of halogens is 1. The summed E-state index contributed by atoms with van der Waals surface area (Å²) in [7, 11) is 0. The van der Waals surface area contributed by atoms with Gasteiger partial charge in [0.25, 0.3) is 0 Å². The summed E-state index contributed by atoms with van der Waals surface area (Å²) in [5.41, 5.74) is 2.94. The molecular formula is C19H22FN3. The summed E-state index contributed by atoms with van der Waals surface area (Å²) in [6, 6.07) is 4.21. The lowest BCUT2D eigenvalue weighted by atomic mass is 9.75. The molecule has 2 aliphatic carbocycles. The van der Waals surface area contributed by atoms with Gasteiger partial charge < -0.3 is 4.57 Å². The molecule has 0 aromatic carbocycles. The van der Waals surface area contributed by atoms with E-state index < -0.39 is 5.67 Å². The van der Waals surface area contributed by atoms with Crippen molar-refractivity contribution < 1.29 is 4.39 Å². The van der Waals surface area contributed by atoms with Gasteiger partial charge in [-0.3, -0.25) is 4.98 Å². The fraction of sp³-hybridized carbons (Fsp3) is 0.579. The third kappa shape index (κ3) is 2.14. The summed E-state index contributed by atoms with van der Waals surface area (Å²) in [5.74, 6) is 0. The SMILES string of the molecule is FC1(CCC2c3ncccc3-c3cncn32)CCC2(CC1)CC2. The Hall–Kier alpha value is -1.71. The quantitative estimate of drug-likeness (QED) is 0.823. The van der Waals surface area contributed by atoms with Gasteiger partial charge in [-0.2, -0.15) is 0 Å². The predicted molar refractivity (Wildman–Crippen MR) is 86.8 cm³/mol. The second-order valence-electron chi connectivity index (χ2n) is 7.83. The van der Waals surface area contributed by atoms with Gasteiger partial charge >= 0.3 is 0 Å². The van der Waals surface area contributed by atoms with Crippen molar-refractivity contribution >= 4 is 0 Å². The summed E-state index contributed by atoms with van der Waals surface area (Å²) in [4.78, 5) is 8.85. The van der Waals surface area contributed by atoms with Crippen LogP contribution in [0.2, 0.25) is 0 Å². The lowest BCUT2D eigenvalue weighted by Gasteiger charge is -2.35. The van der Waals surface area contributed by atoms with Gasteiger partial charge in [0.05, 0.1) is 30.0 Å². The second kappa shape index (κ2) is 4.65. The zero-order chi connectivity index (χ0) is 15.5. The number of aromatic nitrogens is 3. The summed E-state index contributed by atoms with van der Waals surface area (Å²) in [5, 5.41) is 0. The van der Waals surface area contributed by atoms with E-state index in [1.165, 1.54) is 12.8 Å². The molecule has 4 heteroatoms. The summed E-state index contributed by atoms with van der Waals surface area (Å²) in [6.45, 7) is 0. The third-order valence-corrected chi connectivity index (χ3v) is 6.46. The Labute approximate surface area is 136 Å². The number of imidazole rings is 1. The van der Waals surface area contributed by atoms with Crippen LogP contribution < -0.4 is 0 Å². The molecule has 1 spiro atoms. The molecule has 3 aliphatic rings. The average molecular weight is 311 g/mol. The molecule has 2 saturated carbocycles. The Morgan fingerprint density at radius 3 is 2.74 bits per heavy atom. The van der Waals surface area contributed by atoms with E-state index >= 15 is 4.39 Å². The smallest absolute Gasteiger partial charge is 0.111 e. The summed E-state index contributed by atoms with van der Waals surface area (Å²) < 4.78 is 17.4. The molecular weight excluding hydrogens is 289 g/mol. The van der Waals surface area contributed by atoms with Gasteiger partial charge in [-0.25, -0.2) is 9.37 Å². The van der Waals surface area contributed by atoms with Crippen LogP contribution in [0.3, 0.4) is 0 Å². The normalized spacial score (nSPS) is 26.0. The third-order valence-electron chi connectivity index (χ3n) is 6.46. The van der Waals surface area contributed by atoms with E-state index in [0.29, 0.717) is 11.8 Å². The second-order valence-corrected chi connectivity index (χ2v) is 7.83. The topological polar surface area (TPSA) is 30.7 Å². The zero-order valence-electron chi connectivity index (χ0n) is 13.3. The number of fused-ring (bicyclic) bond motifs is 3. The van der Waals surface area contributed by atoms with Crippen LogP contribution >= 0.6 is 0 Å². The Morgan fingerprint density at radius 1 is 1.17 bits per heavy atom. The van der Waals surface area contributed by atoms with E-state index in [1.54, 1.807) is 0 Å². The Balaban J connectivity index is 1.35. The predicted octanol–water partition coefficient (Wildman–Crippen LogP) is 4.69. The van der Waals surface area contributed by atoms with E-state index in [0.717, 1.165) is 49.1 Å². The monoisotopic (exact) mass is 311 g/mol. The maximum Gasteiger partial charge on any atom is 0.111 e. The molecule has 0 amide bonds. The number of hydrogen-bond acceptors (Lipinski definition) is 2. The first-order valence-corrected chi connectivity index (χ1v) is 8.84. The Kier molecular flexibility index (Phi) is 2.77. The molecule has 5 rings (SSSR count). The number of pyridine rings is 1. The van der Waals surface area contributed by atoms with Crippen LogP contribution in [-0.4, -0.2) is 20.2 Å². The number of nitrogens with zero attached hydrogens (tertiary/aromatic N) is 3. The minimum Gasteiger partial charge on any atom is -0.321 e. The highest BCUT2D eigenvalue weighted by Crippen LogP contribution is 2.59. The lowest BCUT2D eigenvalue weighted by Crippen LogP contribution is -2.31. The van der Waals surface area contributed by atoms with Crippen LogP contribution in [0.1, 0.15) is 63.1 Å². The van der Waals surface area contributed by atoms with Crippen molar-refractivity contribution in [2.24, 2.45) is 5.41 Å². The first kappa shape index (κ1) is 13.7. The van der Waals surface area contributed by atoms with Gasteiger partial charge in [-0.1, -0.05) is 0 Å². The average Bonchev–Trinajstić information content (AvgIpc) is 3.04. The highest BCUT2D eigenvalue weighted by molar-refractivity contribution is 5.66. The van der Waals surface area contributed by atoms with Gasteiger partial charge in [0.15, 0.2) is 0 Å². The molecule has 2 aromatic heterocycles. The van der Waals surface area contributed by atoms with Crippen molar-refractivity contribution in [1.29, 1.82) is 0 Å². The van der Waals surface area contributed by atoms with E-state index in [2.05, 4.69) is 20.6 Å². The van der Waals surface area contributed by atoms with E-state index in [9.17, 15) is 0 Å². The van der Waals surface area contributed by atoms with Gasteiger partial charge in [-0.15, -0.1) is 0 Å². The molecule has 23 heavy (non-hydrogen) atoms. The largest absolute Gasteiger partial charge is 0.321 e. The zero-order valence-corrected chi connectivity index (χ0v) is 13.3. The van der Waals surface area contributed by atoms with Crippen molar-refractivity contribution in [2.45, 2.75) is 63.1 Å². The van der Waals surface area contributed by atoms with Gasteiger partial charge in [-0.05, 0) is 68.9 Å². The highest BCUT2D eigenvalue weighted by Gasteiger charge is 2.49. The first-order chi connectivity index (χ1) is 11.2. The van der Waals surface area contributed by atoms with Crippen LogP contribution in [0.4, 0.5) is 4.39 Å².